The molecule has 0 saturated carbocycles. The Morgan fingerprint density at radius 3 is 2.45 bits per heavy atom. The molecule has 4 nitrogen and oxygen atoms in total. The molecule has 0 bridgehead atoms. The molecule has 0 amide bonds. The van der Waals surface area contributed by atoms with Crippen LogP contribution in [0.1, 0.15) is 26.3 Å². The van der Waals surface area contributed by atoms with Crippen molar-refractivity contribution in [2.75, 3.05) is 5.32 Å². The third-order valence-corrected chi connectivity index (χ3v) is 3.54. The summed E-state index contributed by atoms with van der Waals surface area (Å²) in [7, 11) is 0. The van der Waals surface area contributed by atoms with E-state index in [-0.39, 0.29) is 5.54 Å². The molecular formula is C18H18N4. The summed E-state index contributed by atoms with van der Waals surface area (Å²) in [5.41, 5.74) is 2.34. The van der Waals surface area contributed by atoms with Crippen LogP contribution in [0.3, 0.4) is 0 Å². The standard InChI is InChI=1S/C18H18N4/c1-18(2,3)22-12-13(11-19)15-9-10-16(21-17(15)22)20-14-7-5-4-6-8-14/h4-10,12H,1-3H3,(H,20,21). The van der Waals surface area contributed by atoms with Crippen molar-refractivity contribution in [2.24, 2.45) is 0 Å². The molecule has 0 aliphatic carbocycles. The molecule has 2 aromatic heterocycles. The first-order chi connectivity index (χ1) is 10.5. The predicted molar refractivity (Wildman–Crippen MR) is 89.2 cm³/mol. The molecule has 0 aliphatic rings. The first-order valence-corrected chi connectivity index (χ1v) is 7.24. The summed E-state index contributed by atoms with van der Waals surface area (Å²) in [4.78, 5) is 4.71. The lowest BCUT2D eigenvalue weighted by atomic mass is 10.1. The highest BCUT2D eigenvalue weighted by Crippen LogP contribution is 2.27. The summed E-state index contributed by atoms with van der Waals surface area (Å²) in [6.45, 7) is 6.31. The zero-order chi connectivity index (χ0) is 15.7. The fourth-order valence-corrected chi connectivity index (χ4v) is 2.44. The quantitative estimate of drug-likeness (QED) is 0.760. The van der Waals surface area contributed by atoms with Gasteiger partial charge in [0, 0.05) is 22.8 Å². The molecule has 4 heteroatoms. The Morgan fingerprint density at radius 1 is 1.09 bits per heavy atom. The van der Waals surface area contributed by atoms with Crippen molar-refractivity contribution < 1.29 is 0 Å². The Hall–Kier alpha value is -2.80. The zero-order valence-corrected chi connectivity index (χ0v) is 13.0. The van der Waals surface area contributed by atoms with Crippen LogP contribution in [0.15, 0.2) is 48.7 Å². The van der Waals surface area contributed by atoms with Gasteiger partial charge in [-0.2, -0.15) is 5.26 Å². The molecule has 1 aromatic carbocycles. The highest BCUT2D eigenvalue weighted by molar-refractivity contribution is 5.85. The number of nitriles is 1. The van der Waals surface area contributed by atoms with E-state index in [1.165, 1.54) is 0 Å². The smallest absolute Gasteiger partial charge is 0.144 e. The number of nitrogens with zero attached hydrogens (tertiary/aromatic N) is 3. The lowest BCUT2D eigenvalue weighted by Crippen LogP contribution is -2.21. The van der Waals surface area contributed by atoms with E-state index in [0.717, 1.165) is 22.5 Å². The van der Waals surface area contributed by atoms with E-state index in [9.17, 15) is 5.26 Å². The van der Waals surface area contributed by atoms with Crippen molar-refractivity contribution in [1.29, 1.82) is 5.26 Å². The second-order valence-corrected chi connectivity index (χ2v) is 6.25. The number of pyridine rings is 1. The Balaban J connectivity index is 2.11. The van der Waals surface area contributed by atoms with Gasteiger partial charge in [-0.1, -0.05) is 18.2 Å². The third-order valence-electron chi connectivity index (χ3n) is 3.54. The summed E-state index contributed by atoms with van der Waals surface area (Å²) in [6.07, 6.45) is 1.88. The monoisotopic (exact) mass is 290 g/mol. The number of benzene rings is 1. The zero-order valence-electron chi connectivity index (χ0n) is 13.0. The number of anilines is 2. The van der Waals surface area contributed by atoms with Gasteiger partial charge in [0.25, 0.3) is 0 Å². The second kappa shape index (κ2) is 5.19. The highest BCUT2D eigenvalue weighted by Gasteiger charge is 2.19. The normalized spacial score (nSPS) is 11.4. The van der Waals surface area contributed by atoms with Gasteiger partial charge >= 0.3 is 0 Å². The average Bonchev–Trinajstić information content (AvgIpc) is 2.86. The SMILES string of the molecule is CC(C)(C)n1cc(C#N)c2ccc(Nc3ccccc3)nc21. The summed E-state index contributed by atoms with van der Waals surface area (Å²) >= 11 is 0. The Labute approximate surface area is 130 Å². The molecule has 22 heavy (non-hydrogen) atoms. The van der Waals surface area contributed by atoms with E-state index >= 15 is 0 Å². The van der Waals surface area contributed by atoms with Gasteiger partial charge in [0.1, 0.15) is 17.5 Å². The summed E-state index contributed by atoms with van der Waals surface area (Å²) in [5.74, 6) is 0.770. The maximum absolute atomic E-state index is 9.31. The van der Waals surface area contributed by atoms with Crippen LogP contribution in [0, 0.1) is 11.3 Å². The molecular weight excluding hydrogens is 272 g/mol. The molecule has 0 aliphatic heterocycles. The van der Waals surface area contributed by atoms with Gasteiger partial charge in [0.05, 0.1) is 5.56 Å². The van der Waals surface area contributed by atoms with Gasteiger partial charge in [0.15, 0.2) is 0 Å². The number of rotatable bonds is 2. The molecule has 0 saturated heterocycles. The molecule has 3 rings (SSSR count). The molecule has 0 atom stereocenters. The molecule has 110 valence electrons. The third kappa shape index (κ3) is 2.53. The van der Waals surface area contributed by atoms with Crippen molar-refractivity contribution in [3.05, 3.63) is 54.2 Å². The van der Waals surface area contributed by atoms with Crippen LogP contribution in [0.4, 0.5) is 11.5 Å². The highest BCUT2D eigenvalue weighted by atomic mass is 15.1. The Kier molecular flexibility index (Phi) is 3.34. The summed E-state index contributed by atoms with van der Waals surface area (Å²) < 4.78 is 2.05. The minimum absolute atomic E-state index is 0.133. The fourth-order valence-electron chi connectivity index (χ4n) is 2.44. The van der Waals surface area contributed by atoms with Crippen LogP contribution in [0.2, 0.25) is 0 Å². The van der Waals surface area contributed by atoms with Crippen LogP contribution >= 0.6 is 0 Å². The molecule has 2 heterocycles. The number of hydrogen-bond acceptors (Lipinski definition) is 3. The lowest BCUT2D eigenvalue weighted by Gasteiger charge is -2.22. The number of aromatic nitrogens is 2. The molecule has 0 fully saturated rings. The minimum atomic E-state index is -0.133. The minimum Gasteiger partial charge on any atom is -0.340 e. The van der Waals surface area contributed by atoms with Crippen LogP contribution in [-0.2, 0) is 5.54 Å². The molecule has 1 N–H and O–H groups in total. The van der Waals surface area contributed by atoms with Crippen molar-refractivity contribution in [2.45, 2.75) is 26.3 Å². The van der Waals surface area contributed by atoms with Crippen molar-refractivity contribution in [3.63, 3.8) is 0 Å². The number of fused-ring (bicyclic) bond motifs is 1. The number of nitrogens with one attached hydrogen (secondary N) is 1. The van der Waals surface area contributed by atoms with Gasteiger partial charge in [-0.15, -0.1) is 0 Å². The maximum Gasteiger partial charge on any atom is 0.144 e. The van der Waals surface area contributed by atoms with Gasteiger partial charge in [-0.3, -0.25) is 0 Å². The van der Waals surface area contributed by atoms with E-state index < -0.39 is 0 Å². The van der Waals surface area contributed by atoms with E-state index in [0.29, 0.717) is 5.56 Å². The van der Waals surface area contributed by atoms with Gasteiger partial charge < -0.3 is 9.88 Å². The number of para-hydroxylation sites is 1. The second-order valence-electron chi connectivity index (χ2n) is 6.25. The Morgan fingerprint density at radius 2 is 1.82 bits per heavy atom. The topological polar surface area (TPSA) is 53.6 Å². The first-order valence-electron chi connectivity index (χ1n) is 7.24. The molecule has 0 spiro atoms. The largest absolute Gasteiger partial charge is 0.340 e. The van der Waals surface area contributed by atoms with E-state index in [1.54, 1.807) is 0 Å². The van der Waals surface area contributed by atoms with E-state index in [2.05, 4.69) is 36.7 Å². The van der Waals surface area contributed by atoms with Crippen LogP contribution in [-0.4, -0.2) is 9.55 Å². The van der Waals surface area contributed by atoms with Gasteiger partial charge in [-0.25, -0.2) is 4.98 Å². The average molecular weight is 290 g/mol. The summed E-state index contributed by atoms with van der Waals surface area (Å²) in [5, 5.41) is 13.5. The Bertz CT molecular complexity index is 848. The van der Waals surface area contributed by atoms with E-state index in [1.807, 2.05) is 48.7 Å². The van der Waals surface area contributed by atoms with Gasteiger partial charge in [0.2, 0.25) is 0 Å². The molecule has 0 unspecified atom stereocenters. The first kappa shape index (κ1) is 14.2. The maximum atomic E-state index is 9.31. The molecule has 0 radical (unpaired) electrons. The fraction of sp³-hybridized carbons (Fsp3) is 0.222. The van der Waals surface area contributed by atoms with Crippen LogP contribution in [0.25, 0.3) is 11.0 Å². The predicted octanol–water partition coefficient (Wildman–Crippen LogP) is 4.41. The summed E-state index contributed by atoms with van der Waals surface area (Å²) in [6, 6.07) is 16.0. The van der Waals surface area contributed by atoms with Crippen LogP contribution in [0.5, 0.6) is 0 Å². The molecule has 3 aromatic rings. The van der Waals surface area contributed by atoms with Gasteiger partial charge in [-0.05, 0) is 45.0 Å². The van der Waals surface area contributed by atoms with Crippen LogP contribution < -0.4 is 5.32 Å². The van der Waals surface area contributed by atoms with Crippen molar-refractivity contribution in [3.8, 4) is 6.07 Å². The van der Waals surface area contributed by atoms with Crippen molar-refractivity contribution in [1.82, 2.24) is 9.55 Å². The number of hydrogen-bond donors (Lipinski definition) is 1. The lowest BCUT2D eigenvalue weighted by molar-refractivity contribution is 0.408. The van der Waals surface area contributed by atoms with E-state index in [4.69, 9.17) is 4.98 Å². The van der Waals surface area contributed by atoms with Crippen molar-refractivity contribution >= 4 is 22.5 Å².